The van der Waals surface area contributed by atoms with Crippen molar-refractivity contribution in [1.29, 1.82) is 0 Å². The van der Waals surface area contributed by atoms with Crippen molar-refractivity contribution >= 4 is 0 Å². The number of hydrogen-bond acceptors (Lipinski definition) is 3. The average Bonchev–Trinajstić information content (AvgIpc) is 2.16. The Hall–Kier alpha value is -0.960. The van der Waals surface area contributed by atoms with Gasteiger partial charge in [-0.25, -0.2) is 9.97 Å². The summed E-state index contributed by atoms with van der Waals surface area (Å²) in [5, 5.41) is 3.38. The summed E-state index contributed by atoms with van der Waals surface area (Å²) >= 11 is 0. The molecule has 1 unspecified atom stereocenters. The zero-order chi connectivity index (χ0) is 12.1. The second-order valence-corrected chi connectivity index (χ2v) is 4.70. The van der Waals surface area contributed by atoms with E-state index in [2.05, 4.69) is 49.9 Å². The standard InChI is InChI=1S/C13H23N3/c1-6-14-10(4)12-8-15-13(7-9(2)3)16-11(12)5/h8-10,14H,6-7H2,1-5H3. The van der Waals surface area contributed by atoms with Gasteiger partial charge < -0.3 is 5.32 Å². The minimum atomic E-state index is 0.332. The fourth-order valence-corrected chi connectivity index (χ4v) is 1.83. The van der Waals surface area contributed by atoms with Gasteiger partial charge in [0.15, 0.2) is 0 Å². The molecule has 0 aliphatic carbocycles. The van der Waals surface area contributed by atoms with Crippen LogP contribution in [-0.2, 0) is 6.42 Å². The lowest BCUT2D eigenvalue weighted by molar-refractivity contribution is 0.580. The quantitative estimate of drug-likeness (QED) is 0.830. The number of aromatic nitrogens is 2. The zero-order valence-electron chi connectivity index (χ0n) is 11.0. The van der Waals surface area contributed by atoms with Crippen molar-refractivity contribution in [2.75, 3.05) is 6.54 Å². The first-order chi connectivity index (χ1) is 7.54. The van der Waals surface area contributed by atoms with E-state index in [1.165, 1.54) is 5.56 Å². The van der Waals surface area contributed by atoms with Gasteiger partial charge in [0.2, 0.25) is 0 Å². The van der Waals surface area contributed by atoms with E-state index in [-0.39, 0.29) is 0 Å². The molecule has 0 aliphatic heterocycles. The van der Waals surface area contributed by atoms with Crippen molar-refractivity contribution in [2.45, 2.75) is 47.1 Å². The molecule has 16 heavy (non-hydrogen) atoms. The van der Waals surface area contributed by atoms with Crippen molar-refractivity contribution in [3.63, 3.8) is 0 Å². The minimum absolute atomic E-state index is 0.332. The van der Waals surface area contributed by atoms with E-state index in [9.17, 15) is 0 Å². The molecule has 90 valence electrons. The van der Waals surface area contributed by atoms with E-state index in [0.717, 1.165) is 24.5 Å². The van der Waals surface area contributed by atoms with Crippen LogP contribution in [0.15, 0.2) is 6.20 Å². The first-order valence-corrected chi connectivity index (χ1v) is 6.10. The third kappa shape index (κ3) is 3.56. The highest BCUT2D eigenvalue weighted by atomic mass is 14.9. The number of rotatable bonds is 5. The summed E-state index contributed by atoms with van der Waals surface area (Å²) in [5.74, 6) is 1.57. The third-order valence-electron chi connectivity index (χ3n) is 2.63. The molecule has 0 saturated heterocycles. The van der Waals surface area contributed by atoms with Crippen LogP contribution in [0.5, 0.6) is 0 Å². The average molecular weight is 221 g/mol. The van der Waals surface area contributed by atoms with Gasteiger partial charge in [-0.2, -0.15) is 0 Å². The lowest BCUT2D eigenvalue weighted by atomic mass is 10.1. The van der Waals surface area contributed by atoms with Crippen LogP contribution in [0.2, 0.25) is 0 Å². The Kier molecular flexibility index (Phi) is 4.87. The fraction of sp³-hybridized carbons (Fsp3) is 0.692. The van der Waals surface area contributed by atoms with Crippen LogP contribution < -0.4 is 5.32 Å². The van der Waals surface area contributed by atoms with Gasteiger partial charge in [-0.3, -0.25) is 0 Å². The molecule has 1 heterocycles. The molecule has 3 nitrogen and oxygen atoms in total. The number of nitrogens with one attached hydrogen (secondary N) is 1. The van der Waals surface area contributed by atoms with E-state index in [1.54, 1.807) is 0 Å². The van der Waals surface area contributed by atoms with E-state index in [1.807, 2.05) is 6.20 Å². The number of aryl methyl sites for hydroxylation is 1. The topological polar surface area (TPSA) is 37.8 Å². The van der Waals surface area contributed by atoms with Gasteiger partial charge in [0, 0.05) is 29.9 Å². The molecule has 3 heteroatoms. The molecule has 0 saturated carbocycles. The minimum Gasteiger partial charge on any atom is -0.310 e. The van der Waals surface area contributed by atoms with Crippen LogP contribution in [-0.4, -0.2) is 16.5 Å². The first-order valence-electron chi connectivity index (χ1n) is 6.10. The number of hydrogen-bond donors (Lipinski definition) is 1. The summed E-state index contributed by atoms with van der Waals surface area (Å²) in [4.78, 5) is 9.00. The van der Waals surface area contributed by atoms with Gasteiger partial charge in [0.25, 0.3) is 0 Å². The highest BCUT2D eigenvalue weighted by Crippen LogP contribution is 2.15. The fourth-order valence-electron chi connectivity index (χ4n) is 1.83. The van der Waals surface area contributed by atoms with Gasteiger partial charge in [-0.05, 0) is 26.3 Å². The van der Waals surface area contributed by atoms with Crippen molar-refractivity contribution < 1.29 is 0 Å². The van der Waals surface area contributed by atoms with Gasteiger partial charge in [-0.15, -0.1) is 0 Å². The molecule has 0 fully saturated rings. The van der Waals surface area contributed by atoms with E-state index in [0.29, 0.717) is 12.0 Å². The van der Waals surface area contributed by atoms with E-state index >= 15 is 0 Å². The molecule has 1 aromatic rings. The van der Waals surface area contributed by atoms with Gasteiger partial charge in [-0.1, -0.05) is 20.8 Å². The number of nitrogens with zero attached hydrogens (tertiary/aromatic N) is 2. The smallest absolute Gasteiger partial charge is 0.128 e. The maximum Gasteiger partial charge on any atom is 0.128 e. The Labute approximate surface area is 98.7 Å². The lowest BCUT2D eigenvalue weighted by Gasteiger charge is -2.15. The molecule has 0 spiro atoms. The highest BCUT2D eigenvalue weighted by Gasteiger charge is 2.10. The SMILES string of the molecule is CCNC(C)c1cnc(CC(C)C)nc1C. The summed E-state index contributed by atoms with van der Waals surface area (Å²) in [6, 6.07) is 0.332. The van der Waals surface area contributed by atoms with Crippen molar-refractivity contribution in [3.05, 3.63) is 23.3 Å². The largest absolute Gasteiger partial charge is 0.310 e. The summed E-state index contributed by atoms with van der Waals surface area (Å²) in [6.07, 6.45) is 2.92. The van der Waals surface area contributed by atoms with Gasteiger partial charge in [0.05, 0.1) is 0 Å². The normalized spacial score (nSPS) is 13.1. The summed E-state index contributed by atoms with van der Waals surface area (Å²) in [5.41, 5.74) is 2.30. The second-order valence-electron chi connectivity index (χ2n) is 4.70. The lowest BCUT2D eigenvalue weighted by Crippen LogP contribution is -2.19. The summed E-state index contributed by atoms with van der Waals surface area (Å²) in [7, 11) is 0. The Morgan fingerprint density at radius 3 is 2.50 bits per heavy atom. The molecule has 0 amide bonds. The molecular formula is C13H23N3. The van der Waals surface area contributed by atoms with Gasteiger partial charge >= 0.3 is 0 Å². The van der Waals surface area contributed by atoms with Crippen LogP contribution in [0.1, 0.15) is 50.8 Å². The van der Waals surface area contributed by atoms with Crippen LogP contribution in [0.25, 0.3) is 0 Å². The molecular weight excluding hydrogens is 198 g/mol. The molecule has 1 rings (SSSR count). The summed E-state index contributed by atoms with van der Waals surface area (Å²) < 4.78 is 0. The predicted molar refractivity (Wildman–Crippen MR) is 67.4 cm³/mol. The van der Waals surface area contributed by atoms with Crippen LogP contribution in [0, 0.1) is 12.8 Å². The molecule has 1 atom stereocenters. The molecule has 0 bridgehead atoms. The third-order valence-corrected chi connectivity index (χ3v) is 2.63. The van der Waals surface area contributed by atoms with Crippen molar-refractivity contribution in [2.24, 2.45) is 5.92 Å². The Bertz CT molecular complexity index is 334. The molecule has 1 N–H and O–H groups in total. The molecule has 1 aromatic heterocycles. The Balaban J connectivity index is 2.82. The Morgan fingerprint density at radius 2 is 2.00 bits per heavy atom. The first kappa shape index (κ1) is 13.1. The maximum absolute atomic E-state index is 4.57. The predicted octanol–water partition coefficient (Wildman–Crippen LogP) is 2.65. The van der Waals surface area contributed by atoms with Crippen LogP contribution >= 0.6 is 0 Å². The molecule has 0 aromatic carbocycles. The molecule has 0 radical (unpaired) electrons. The maximum atomic E-state index is 4.57. The van der Waals surface area contributed by atoms with Crippen LogP contribution in [0.4, 0.5) is 0 Å². The Morgan fingerprint density at radius 1 is 1.31 bits per heavy atom. The van der Waals surface area contributed by atoms with E-state index < -0.39 is 0 Å². The van der Waals surface area contributed by atoms with Crippen LogP contribution in [0.3, 0.4) is 0 Å². The monoisotopic (exact) mass is 221 g/mol. The van der Waals surface area contributed by atoms with Crippen molar-refractivity contribution in [1.82, 2.24) is 15.3 Å². The highest BCUT2D eigenvalue weighted by molar-refractivity contribution is 5.19. The summed E-state index contributed by atoms with van der Waals surface area (Å²) in [6.45, 7) is 11.7. The molecule has 0 aliphatic rings. The zero-order valence-corrected chi connectivity index (χ0v) is 11.0. The second kappa shape index (κ2) is 5.94. The van der Waals surface area contributed by atoms with Gasteiger partial charge in [0.1, 0.15) is 5.82 Å². The van der Waals surface area contributed by atoms with E-state index in [4.69, 9.17) is 0 Å². The van der Waals surface area contributed by atoms with Crippen molar-refractivity contribution in [3.8, 4) is 0 Å².